The topological polar surface area (TPSA) is 81.8 Å². The van der Waals surface area contributed by atoms with E-state index in [1.165, 1.54) is 19.3 Å². The van der Waals surface area contributed by atoms with Gasteiger partial charge >= 0.3 is 0 Å². The van der Waals surface area contributed by atoms with Gasteiger partial charge in [-0.1, -0.05) is 6.42 Å². The van der Waals surface area contributed by atoms with Crippen LogP contribution in [0.4, 0.5) is 11.8 Å². The van der Waals surface area contributed by atoms with Crippen LogP contribution in [-0.2, 0) is 0 Å². The van der Waals surface area contributed by atoms with E-state index in [-0.39, 0.29) is 0 Å². The molecular formula is C11H17N7. The lowest BCUT2D eigenvalue weighted by Gasteiger charge is -2.27. The van der Waals surface area contributed by atoms with Crippen LogP contribution in [0.15, 0.2) is 6.33 Å². The fourth-order valence-corrected chi connectivity index (χ4v) is 2.18. The molecule has 2 aromatic rings. The van der Waals surface area contributed by atoms with Crippen molar-refractivity contribution in [3.05, 3.63) is 6.33 Å². The van der Waals surface area contributed by atoms with Gasteiger partial charge in [-0.15, -0.1) is 0 Å². The molecule has 3 N–H and O–H groups in total. The van der Waals surface area contributed by atoms with Crippen LogP contribution < -0.4 is 10.7 Å². The first-order valence-corrected chi connectivity index (χ1v) is 6.27. The van der Waals surface area contributed by atoms with Crippen molar-refractivity contribution in [2.75, 3.05) is 30.9 Å². The van der Waals surface area contributed by atoms with Crippen molar-refractivity contribution >= 4 is 22.9 Å². The summed E-state index contributed by atoms with van der Waals surface area (Å²) in [6.07, 6.45) is 5.40. The summed E-state index contributed by atoms with van der Waals surface area (Å²) in [6.45, 7) is 2.10. The quantitative estimate of drug-likeness (QED) is 0.756. The maximum atomic E-state index is 4.44. The standard InChI is InChI=1S/C11H17N7/c1-12-11-15-9-8(13-7-14-9)10(16-11)17-18-5-3-2-4-6-18/h7H,2-6H2,1H3,(H3,12,13,14,15,16,17). The second-order valence-corrected chi connectivity index (χ2v) is 4.41. The molecule has 0 aliphatic carbocycles. The normalized spacial score (nSPS) is 16.9. The van der Waals surface area contributed by atoms with Gasteiger partial charge in [0.2, 0.25) is 5.95 Å². The largest absolute Gasteiger partial charge is 0.357 e. The summed E-state index contributed by atoms with van der Waals surface area (Å²) < 4.78 is 0. The molecule has 2 aromatic heterocycles. The van der Waals surface area contributed by atoms with Crippen LogP contribution in [0.25, 0.3) is 11.2 Å². The minimum Gasteiger partial charge on any atom is -0.357 e. The zero-order valence-corrected chi connectivity index (χ0v) is 10.4. The number of hydrogen-bond donors (Lipinski definition) is 3. The third-order valence-corrected chi connectivity index (χ3v) is 3.13. The average Bonchev–Trinajstić information content (AvgIpc) is 2.88. The van der Waals surface area contributed by atoms with E-state index in [2.05, 4.69) is 35.7 Å². The van der Waals surface area contributed by atoms with Gasteiger partial charge in [0.25, 0.3) is 0 Å². The van der Waals surface area contributed by atoms with E-state index in [1.807, 2.05) is 0 Å². The van der Waals surface area contributed by atoms with Crippen molar-refractivity contribution in [2.24, 2.45) is 0 Å². The number of aromatic amines is 1. The minimum atomic E-state index is 0.578. The number of rotatable bonds is 3. The molecule has 0 bridgehead atoms. The van der Waals surface area contributed by atoms with Crippen molar-refractivity contribution in [1.82, 2.24) is 24.9 Å². The number of hydrogen-bond acceptors (Lipinski definition) is 6. The number of imidazole rings is 1. The molecular weight excluding hydrogens is 230 g/mol. The number of nitrogens with one attached hydrogen (secondary N) is 3. The van der Waals surface area contributed by atoms with E-state index in [0.29, 0.717) is 11.6 Å². The molecule has 0 amide bonds. The second kappa shape index (κ2) is 4.77. The number of aromatic nitrogens is 4. The Kier molecular flexibility index (Phi) is 2.97. The highest BCUT2D eigenvalue weighted by Gasteiger charge is 2.14. The number of nitrogens with zero attached hydrogens (tertiary/aromatic N) is 4. The Morgan fingerprint density at radius 1 is 1.22 bits per heavy atom. The van der Waals surface area contributed by atoms with E-state index in [9.17, 15) is 0 Å². The van der Waals surface area contributed by atoms with Crippen molar-refractivity contribution in [2.45, 2.75) is 19.3 Å². The molecule has 0 radical (unpaired) electrons. The zero-order valence-electron chi connectivity index (χ0n) is 10.4. The fourth-order valence-electron chi connectivity index (χ4n) is 2.18. The van der Waals surface area contributed by atoms with Gasteiger partial charge < -0.3 is 15.7 Å². The lowest BCUT2D eigenvalue weighted by Crippen LogP contribution is -2.35. The Hall–Kier alpha value is -1.89. The summed E-state index contributed by atoms with van der Waals surface area (Å²) in [7, 11) is 1.80. The Morgan fingerprint density at radius 2 is 2.06 bits per heavy atom. The number of H-pyrrole nitrogens is 1. The van der Waals surface area contributed by atoms with E-state index >= 15 is 0 Å². The molecule has 1 fully saturated rings. The van der Waals surface area contributed by atoms with Crippen molar-refractivity contribution < 1.29 is 0 Å². The van der Waals surface area contributed by atoms with Gasteiger partial charge in [-0.2, -0.15) is 9.97 Å². The molecule has 1 aliphatic rings. The summed E-state index contributed by atoms with van der Waals surface area (Å²) in [5, 5.41) is 5.15. The molecule has 3 heterocycles. The first kappa shape index (κ1) is 11.2. The molecule has 0 spiro atoms. The lowest BCUT2D eigenvalue weighted by atomic mass is 10.2. The minimum absolute atomic E-state index is 0.578. The summed E-state index contributed by atoms with van der Waals surface area (Å²) in [4.78, 5) is 16.0. The predicted octanol–water partition coefficient (Wildman–Crippen LogP) is 1.21. The summed E-state index contributed by atoms with van der Waals surface area (Å²) >= 11 is 0. The second-order valence-electron chi connectivity index (χ2n) is 4.41. The van der Waals surface area contributed by atoms with Crippen LogP contribution in [0, 0.1) is 0 Å². The predicted molar refractivity (Wildman–Crippen MR) is 70.3 cm³/mol. The summed E-state index contributed by atoms with van der Waals surface area (Å²) in [5.74, 6) is 1.36. The Balaban J connectivity index is 1.91. The van der Waals surface area contributed by atoms with Gasteiger partial charge in [-0.05, 0) is 12.8 Å². The van der Waals surface area contributed by atoms with Gasteiger partial charge in [0, 0.05) is 20.1 Å². The van der Waals surface area contributed by atoms with E-state index in [0.717, 1.165) is 24.4 Å². The number of fused-ring (bicyclic) bond motifs is 1. The zero-order chi connectivity index (χ0) is 12.4. The van der Waals surface area contributed by atoms with Crippen LogP contribution in [-0.4, -0.2) is 45.1 Å². The SMILES string of the molecule is CNc1nc(NN2CCCCC2)c2[nH]cnc2n1. The van der Waals surface area contributed by atoms with Crippen LogP contribution in [0.1, 0.15) is 19.3 Å². The smallest absolute Gasteiger partial charge is 0.226 e. The highest BCUT2D eigenvalue weighted by atomic mass is 15.5. The molecule has 0 atom stereocenters. The average molecular weight is 247 g/mol. The Morgan fingerprint density at radius 3 is 2.83 bits per heavy atom. The molecule has 7 nitrogen and oxygen atoms in total. The first-order chi connectivity index (χ1) is 8.86. The maximum Gasteiger partial charge on any atom is 0.226 e. The molecule has 1 saturated heterocycles. The molecule has 1 aliphatic heterocycles. The van der Waals surface area contributed by atoms with Crippen LogP contribution >= 0.6 is 0 Å². The Labute approximate surface area is 105 Å². The van der Waals surface area contributed by atoms with E-state index in [4.69, 9.17) is 0 Å². The van der Waals surface area contributed by atoms with Gasteiger partial charge in [0.1, 0.15) is 5.52 Å². The number of anilines is 2. The van der Waals surface area contributed by atoms with Crippen molar-refractivity contribution in [3.8, 4) is 0 Å². The molecule has 18 heavy (non-hydrogen) atoms. The van der Waals surface area contributed by atoms with Crippen molar-refractivity contribution in [1.29, 1.82) is 0 Å². The maximum absolute atomic E-state index is 4.44. The van der Waals surface area contributed by atoms with E-state index < -0.39 is 0 Å². The third-order valence-electron chi connectivity index (χ3n) is 3.13. The third kappa shape index (κ3) is 2.08. The lowest BCUT2D eigenvalue weighted by molar-refractivity contribution is 0.272. The number of hydrazine groups is 1. The van der Waals surface area contributed by atoms with Gasteiger partial charge in [-0.25, -0.2) is 9.99 Å². The summed E-state index contributed by atoms with van der Waals surface area (Å²) in [6, 6.07) is 0. The van der Waals surface area contributed by atoms with Crippen LogP contribution in [0.3, 0.4) is 0 Å². The van der Waals surface area contributed by atoms with Crippen LogP contribution in [0.5, 0.6) is 0 Å². The van der Waals surface area contributed by atoms with Gasteiger partial charge in [0.05, 0.1) is 6.33 Å². The molecule has 96 valence electrons. The highest BCUT2D eigenvalue weighted by molar-refractivity contribution is 5.83. The molecule has 7 heteroatoms. The van der Waals surface area contributed by atoms with Gasteiger partial charge in [-0.3, -0.25) is 0 Å². The molecule has 0 aromatic carbocycles. The van der Waals surface area contributed by atoms with Crippen molar-refractivity contribution in [3.63, 3.8) is 0 Å². The Bertz CT molecular complexity index is 529. The first-order valence-electron chi connectivity index (χ1n) is 6.27. The summed E-state index contributed by atoms with van der Waals surface area (Å²) in [5.41, 5.74) is 4.88. The monoisotopic (exact) mass is 247 g/mol. The molecule has 0 unspecified atom stereocenters. The van der Waals surface area contributed by atoms with E-state index in [1.54, 1.807) is 13.4 Å². The fraction of sp³-hybridized carbons (Fsp3) is 0.545. The van der Waals surface area contributed by atoms with Crippen LogP contribution in [0.2, 0.25) is 0 Å². The van der Waals surface area contributed by atoms with Gasteiger partial charge in [0.15, 0.2) is 11.5 Å². The molecule has 3 rings (SSSR count). The highest BCUT2D eigenvalue weighted by Crippen LogP contribution is 2.20. The molecule has 0 saturated carbocycles. The number of piperidine rings is 1.